The summed E-state index contributed by atoms with van der Waals surface area (Å²) in [6.45, 7) is 2.52. The second-order valence-electron chi connectivity index (χ2n) is 4.43. The summed E-state index contributed by atoms with van der Waals surface area (Å²) in [4.78, 5) is 17.8. The first-order valence-corrected chi connectivity index (χ1v) is 5.86. The SMILES string of the molecule is CN1CC[C@@H](NC(=O)NCc2ccncc2)C1. The minimum absolute atomic E-state index is 0.0953. The van der Waals surface area contributed by atoms with E-state index in [0.29, 0.717) is 6.54 Å². The molecule has 1 atom stereocenters. The van der Waals surface area contributed by atoms with Crippen molar-refractivity contribution >= 4 is 6.03 Å². The zero-order valence-corrected chi connectivity index (χ0v) is 10.0. The van der Waals surface area contributed by atoms with E-state index >= 15 is 0 Å². The number of aromatic nitrogens is 1. The normalized spacial score (nSPS) is 20.2. The lowest BCUT2D eigenvalue weighted by Gasteiger charge is -2.13. The Morgan fingerprint density at radius 1 is 1.53 bits per heavy atom. The molecule has 5 heteroatoms. The molecule has 1 saturated heterocycles. The largest absolute Gasteiger partial charge is 0.334 e. The number of carbonyl (C=O) groups is 1. The van der Waals surface area contributed by atoms with Gasteiger partial charge in [0.2, 0.25) is 0 Å². The van der Waals surface area contributed by atoms with Gasteiger partial charge in [-0.2, -0.15) is 0 Å². The molecule has 0 unspecified atom stereocenters. The Morgan fingerprint density at radius 3 is 2.94 bits per heavy atom. The minimum Gasteiger partial charge on any atom is -0.334 e. The Morgan fingerprint density at radius 2 is 2.29 bits per heavy atom. The molecule has 5 nitrogen and oxygen atoms in total. The predicted molar refractivity (Wildman–Crippen MR) is 65.5 cm³/mol. The van der Waals surface area contributed by atoms with Crippen LogP contribution in [0.5, 0.6) is 0 Å². The van der Waals surface area contributed by atoms with E-state index in [9.17, 15) is 4.79 Å². The van der Waals surface area contributed by atoms with E-state index in [1.807, 2.05) is 12.1 Å². The van der Waals surface area contributed by atoms with Crippen LogP contribution in [0.15, 0.2) is 24.5 Å². The van der Waals surface area contributed by atoms with E-state index in [1.54, 1.807) is 12.4 Å². The highest BCUT2D eigenvalue weighted by Gasteiger charge is 2.20. The average Bonchev–Trinajstić information content (AvgIpc) is 2.73. The summed E-state index contributed by atoms with van der Waals surface area (Å²) >= 11 is 0. The molecule has 17 heavy (non-hydrogen) atoms. The van der Waals surface area contributed by atoms with Gasteiger partial charge in [0.25, 0.3) is 0 Å². The van der Waals surface area contributed by atoms with Crippen molar-refractivity contribution in [1.82, 2.24) is 20.5 Å². The number of hydrogen-bond acceptors (Lipinski definition) is 3. The second kappa shape index (κ2) is 5.63. The van der Waals surface area contributed by atoms with Gasteiger partial charge in [0.15, 0.2) is 0 Å². The molecule has 2 heterocycles. The molecule has 0 saturated carbocycles. The third kappa shape index (κ3) is 3.71. The Kier molecular flexibility index (Phi) is 3.93. The standard InChI is InChI=1S/C12H18N4O/c1-16-7-4-11(9-16)15-12(17)14-8-10-2-5-13-6-3-10/h2-3,5-6,11H,4,7-9H2,1H3,(H2,14,15,17)/t11-/m1/s1. The van der Waals surface area contributed by atoms with Gasteiger partial charge in [-0.25, -0.2) is 4.79 Å². The molecule has 1 aromatic rings. The molecule has 0 aliphatic carbocycles. The van der Waals surface area contributed by atoms with Crippen LogP contribution in [0.25, 0.3) is 0 Å². The highest BCUT2D eigenvalue weighted by molar-refractivity contribution is 5.74. The van der Waals surface area contributed by atoms with Gasteiger partial charge in [-0.1, -0.05) is 0 Å². The molecule has 1 fully saturated rings. The lowest BCUT2D eigenvalue weighted by Crippen LogP contribution is -2.42. The van der Waals surface area contributed by atoms with Crippen LogP contribution >= 0.6 is 0 Å². The Hall–Kier alpha value is -1.62. The van der Waals surface area contributed by atoms with Crippen molar-refractivity contribution in [2.24, 2.45) is 0 Å². The number of carbonyl (C=O) groups excluding carboxylic acids is 1. The van der Waals surface area contributed by atoms with E-state index in [0.717, 1.165) is 25.1 Å². The van der Waals surface area contributed by atoms with Crippen molar-refractivity contribution in [3.05, 3.63) is 30.1 Å². The summed E-state index contributed by atoms with van der Waals surface area (Å²) in [7, 11) is 2.07. The van der Waals surface area contributed by atoms with Crippen molar-refractivity contribution in [2.75, 3.05) is 20.1 Å². The van der Waals surface area contributed by atoms with E-state index in [4.69, 9.17) is 0 Å². The molecular formula is C12H18N4O. The Bertz CT molecular complexity index is 368. The number of nitrogens with one attached hydrogen (secondary N) is 2. The minimum atomic E-state index is -0.0953. The van der Waals surface area contributed by atoms with Crippen LogP contribution in [-0.4, -0.2) is 42.1 Å². The Labute approximate surface area is 101 Å². The number of pyridine rings is 1. The molecular weight excluding hydrogens is 216 g/mol. The molecule has 2 amide bonds. The number of nitrogens with zero attached hydrogens (tertiary/aromatic N) is 2. The Balaban J connectivity index is 1.71. The fourth-order valence-electron chi connectivity index (χ4n) is 1.97. The summed E-state index contributed by atoms with van der Waals surface area (Å²) in [6.07, 6.45) is 4.47. The molecule has 1 aliphatic heterocycles. The molecule has 0 spiro atoms. The smallest absolute Gasteiger partial charge is 0.315 e. The van der Waals surface area contributed by atoms with Crippen LogP contribution in [0, 0.1) is 0 Å². The van der Waals surface area contributed by atoms with Crippen LogP contribution in [0.3, 0.4) is 0 Å². The van der Waals surface area contributed by atoms with Crippen LogP contribution in [0.1, 0.15) is 12.0 Å². The first kappa shape index (κ1) is 11.9. The predicted octanol–water partition coefficient (Wildman–Crippen LogP) is 0.585. The average molecular weight is 234 g/mol. The zero-order valence-electron chi connectivity index (χ0n) is 10.0. The maximum Gasteiger partial charge on any atom is 0.315 e. The van der Waals surface area contributed by atoms with Gasteiger partial charge in [0, 0.05) is 31.5 Å². The fourth-order valence-corrected chi connectivity index (χ4v) is 1.97. The lowest BCUT2D eigenvalue weighted by molar-refractivity contribution is 0.236. The maximum absolute atomic E-state index is 11.6. The number of urea groups is 1. The van der Waals surface area contributed by atoms with Gasteiger partial charge in [0.05, 0.1) is 0 Å². The number of likely N-dealkylation sites (N-methyl/N-ethyl adjacent to an activating group) is 1. The molecule has 0 aromatic carbocycles. The summed E-state index contributed by atoms with van der Waals surface area (Å²) in [6, 6.07) is 3.97. The quantitative estimate of drug-likeness (QED) is 0.804. The van der Waals surface area contributed by atoms with Crippen LogP contribution in [-0.2, 0) is 6.54 Å². The van der Waals surface area contributed by atoms with Crippen molar-refractivity contribution < 1.29 is 4.79 Å². The summed E-state index contributed by atoms with van der Waals surface area (Å²) in [5, 5.41) is 5.82. The summed E-state index contributed by atoms with van der Waals surface area (Å²) < 4.78 is 0. The molecule has 1 aliphatic rings. The van der Waals surface area contributed by atoms with Gasteiger partial charge >= 0.3 is 6.03 Å². The molecule has 2 N–H and O–H groups in total. The van der Waals surface area contributed by atoms with Crippen molar-refractivity contribution in [3.63, 3.8) is 0 Å². The van der Waals surface area contributed by atoms with Gasteiger partial charge in [-0.05, 0) is 37.7 Å². The van der Waals surface area contributed by atoms with Crippen LogP contribution in [0.4, 0.5) is 4.79 Å². The maximum atomic E-state index is 11.6. The number of rotatable bonds is 3. The number of amides is 2. The van der Waals surface area contributed by atoms with Gasteiger partial charge in [0.1, 0.15) is 0 Å². The van der Waals surface area contributed by atoms with Crippen molar-refractivity contribution in [3.8, 4) is 0 Å². The second-order valence-corrected chi connectivity index (χ2v) is 4.43. The first-order chi connectivity index (χ1) is 8.24. The topological polar surface area (TPSA) is 57.3 Å². The third-order valence-electron chi connectivity index (χ3n) is 2.93. The van der Waals surface area contributed by atoms with E-state index in [1.165, 1.54) is 0 Å². The highest BCUT2D eigenvalue weighted by Crippen LogP contribution is 2.05. The van der Waals surface area contributed by atoms with Crippen LogP contribution in [0.2, 0.25) is 0 Å². The lowest BCUT2D eigenvalue weighted by atomic mass is 10.2. The molecule has 2 rings (SSSR count). The highest BCUT2D eigenvalue weighted by atomic mass is 16.2. The molecule has 0 bridgehead atoms. The zero-order chi connectivity index (χ0) is 12.1. The molecule has 0 radical (unpaired) electrons. The van der Waals surface area contributed by atoms with E-state index in [2.05, 4.69) is 27.6 Å². The van der Waals surface area contributed by atoms with Crippen molar-refractivity contribution in [1.29, 1.82) is 0 Å². The first-order valence-electron chi connectivity index (χ1n) is 5.86. The van der Waals surface area contributed by atoms with Crippen molar-refractivity contribution in [2.45, 2.75) is 19.0 Å². The monoisotopic (exact) mass is 234 g/mol. The van der Waals surface area contributed by atoms with Gasteiger partial charge in [-0.3, -0.25) is 4.98 Å². The number of likely N-dealkylation sites (tertiary alicyclic amines) is 1. The molecule has 1 aromatic heterocycles. The van der Waals surface area contributed by atoms with Gasteiger partial charge in [-0.15, -0.1) is 0 Å². The number of hydrogen-bond donors (Lipinski definition) is 2. The molecule has 92 valence electrons. The van der Waals surface area contributed by atoms with E-state index in [-0.39, 0.29) is 12.1 Å². The van der Waals surface area contributed by atoms with E-state index < -0.39 is 0 Å². The summed E-state index contributed by atoms with van der Waals surface area (Å²) in [5.41, 5.74) is 1.05. The summed E-state index contributed by atoms with van der Waals surface area (Å²) in [5.74, 6) is 0. The fraction of sp³-hybridized carbons (Fsp3) is 0.500. The third-order valence-corrected chi connectivity index (χ3v) is 2.93. The van der Waals surface area contributed by atoms with Gasteiger partial charge < -0.3 is 15.5 Å². The van der Waals surface area contributed by atoms with Crippen LogP contribution < -0.4 is 10.6 Å².